The molecule has 1 nitrogen and oxygen atoms in total. The molecule has 0 aromatic rings. The number of hydrogen-bond acceptors (Lipinski definition) is 1. The predicted octanol–water partition coefficient (Wildman–Crippen LogP) is 16.2. The molecule has 0 bridgehead atoms. The monoisotopic (exact) mass is 631 g/mol. The molecule has 0 rings (SSSR count). The number of unbranched alkanes of at least 4 members (excludes halogenated alkanes) is 24. The first kappa shape index (κ1) is 44.4. The Balaban J connectivity index is 3.78. The molecule has 0 saturated heterocycles. The maximum atomic E-state index is 6.76. The molecule has 0 fully saturated rings. The maximum Gasteiger partial charge on any atom is 0.0578 e. The Kier molecular flexibility index (Phi) is 39.1. The average Bonchev–Trinajstić information content (AvgIpc) is 3.04. The van der Waals surface area contributed by atoms with Crippen molar-refractivity contribution in [1.82, 2.24) is 0 Å². The molecular formula is C44H86O. The fraction of sp³-hybridized carbons (Fsp3) is 0.909. The summed E-state index contributed by atoms with van der Waals surface area (Å²) in [7, 11) is 0. The van der Waals surface area contributed by atoms with Crippen molar-refractivity contribution in [2.45, 2.75) is 258 Å². The van der Waals surface area contributed by atoms with E-state index in [9.17, 15) is 0 Å². The lowest BCUT2D eigenvalue weighted by molar-refractivity contribution is -0.0308. The third-order valence-electron chi connectivity index (χ3n) is 9.68. The van der Waals surface area contributed by atoms with Gasteiger partial charge in [0.05, 0.1) is 12.2 Å². The van der Waals surface area contributed by atoms with Crippen molar-refractivity contribution in [2.75, 3.05) is 0 Å². The second-order valence-electron chi connectivity index (χ2n) is 14.4. The first-order valence-corrected chi connectivity index (χ1v) is 21.2. The highest BCUT2D eigenvalue weighted by atomic mass is 16.5. The minimum absolute atomic E-state index is 0.498. The van der Waals surface area contributed by atoms with Gasteiger partial charge in [0, 0.05) is 0 Å². The fourth-order valence-corrected chi connectivity index (χ4v) is 6.72. The molecule has 45 heavy (non-hydrogen) atoms. The topological polar surface area (TPSA) is 9.23 Å². The van der Waals surface area contributed by atoms with Crippen molar-refractivity contribution < 1.29 is 4.74 Å². The summed E-state index contributed by atoms with van der Waals surface area (Å²) >= 11 is 0. The Bertz CT molecular complexity index is 528. The Morgan fingerprint density at radius 1 is 0.289 bits per heavy atom. The molecule has 2 atom stereocenters. The van der Waals surface area contributed by atoms with Crippen molar-refractivity contribution in [1.29, 1.82) is 0 Å². The van der Waals surface area contributed by atoms with Crippen LogP contribution in [0.3, 0.4) is 0 Å². The lowest BCUT2D eigenvalue weighted by atomic mass is 10.0. The van der Waals surface area contributed by atoms with Crippen molar-refractivity contribution >= 4 is 0 Å². The molecule has 268 valence electrons. The predicted molar refractivity (Wildman–Crippen MR) is 207 cm³/mol. The van der Waals surface area contributed by atoms with E-state index >= 15 is 0 Å². The lowest BCUT2D eigenvalue weighted by Gasteiger charge is -2.25. The summed E-state index contributed by atoms with van der Waals surface area (Å²) in [5.41, 5.74) is 0. The zero-order valence-electron chi connectivity index (χ0n) is 31.9. The van der Waals surface area contributed by atoms with E-state index in [1.54, 1.807) is 0 Å². The molecule has 0 amide bonds. The summed E-state index contributed by atoms with van der Waals surface area (Å²) in [6.07, 6.45) is 57.1. The molecule has 2 unspecified atom stereocenters. The van der Waals surface area contributed by atoms with Crippen molar-refractivity contribution in [3.8, 4) is 0 Å². The minimum Gasteiger partial charge on any atom is -0.375 e. The third kappa shape index (κ3) is 36.1. The molecule has 0 spiro atoms. The SMILES string of the molecule is CCCCCCCC/C=C\CCCCCCCCC(CCC)OC(CCC)CCCCCCCC/C=C\CCCCCCCC. The van der Waals surface area contributed by atoms with Crippen molar-refractivity contribution in [2.24, 2.45) is 0 Å². The van der Waals surface area contributed by atoms with Crippen LogP contribution in [0, 0.1) is 0 Å². The first-order valence-electron chi connectivity index (χ1n) is 21.2. The second-order valence-corrected chi connectivity index (χ2v) is 14.4. The summed E-state index contributed by atoms with van der Waals surface area (Å²) < 4.78 is 6.76. The van der Waals surface area contributed by atoms with Gasteiger partial charge in [-0.15, -0.1) is 0 Å². The van der Waals surface area contributed by atoms with Crippen LogP contribution in [0.2, 0.25) is 0 Å². The van der Waals surface area contributed by atoms with E-state index in [-0.39, 0.29) is 0 Å². The van der Waals surface area contributed by atoms with E-state index in [2.05, 4.69) is 52.0 Å². The molecule has 0 aliphatic rings. The normalized spacial score (nSPS) is 13.4. The molecule has 0 saturated carbocycles. The zero-order chi connectivity index (χ0) is 32.7. The minimum atomic E-state index is 0.498. The second kappa shape index (κ2) is 39.6. The van der Waals surface area contributed by atoms with Gasteiger partial charge in [-0.2, -0.15) is 0 Å². The summed E-state index contributed by atoms with van der Waals surface area (Å²) in [6, 6.07) is 0. The van der Waals surface area contributed by atoms with Crippen LogP contribution in [-0.4, -0.2) is 12.2 Å². The zero-order valence-corrected chi connectivity index (χ0v) is 31.9. The van der Waals surface area contributed by atoms with Gasteiger partial charge in [0.15, 0.2) is 0 Å². The molecular weight excluding hydrogens is 544 g/mol. The maximum absolute atomic E-state index is 6.76. The van der Waals surface area contributed by atoms with E-state index in [0.717, 1.165) is 0 Å². The van der Waals surface area contributed by atoms with Gasteiger partial charge >= 0.3 is 0 Å². The standard InChI is InChI=1S/C44H86O/c1-5-9-11-13-15-17-19-21-23-25-27-29-31-33-35-37-41-43(39-7-3)45-44(40-8-4)42-38-36-34-32-30-28-26-24-22-20-18-16-14-12-10-6-2/h21-24,43-44H,5-20,25-42H2,1-4H3/b23-21-,24-22-. The smallest absolute Gasteiger partial charge is 0.0578 e. The lowest BCUT2D eigenvalue weighted by Crippen LogP contribution is -2.22. The van der Waals surface area contributed by atoms with E-state index in [0.29, 0.717) is 12.2 Å². The molecule has 0 aliphatic carbocycles. The average molecular weight is 631 g/mol. The molecule has 0 aliphatic heterocycles. The van der Waals surface area contributed by atoms with Crippen LogP contribution in [0.5, 0.6) is 0 Å². The molecule has 1 heteroatoms. The Morgan fingerprint density at radius 2 is 0.556 bits per heavy atom. The van der Waals surface area contributed by atoms with Crippen LogP contribution in [-0.2, 0) is 4.74 Å². The molecule has 0 heterocycles. The largest absolute Gasteiger partial charge is 0.375 e. The van der Waals surface area contributed by atoms with E-state index in [1.807, 2.05) is 0 Å². The highest BCUT2D eigenvalue weighted by Crippen LogP contribution is 2.21. The molecule has 0 N–H and O–H groups in total. The van der Waals surface area contributed by atoms with Crippen LogP contribution in [0.15, 0.2) is 24.3 Å². The van der Waals surface area contributed by atoms with Crippen LogP contribution in [0.1, 0.15) is 246 Å². The van der Waals surface area contributed by atoms with Gasteiger partial charge in [0.1, 0.15) is 0 Å². The van der Waals surface area contributed by atoms with Gasteiger partial charge < -0.3 is 4.74 Å². The summed E-state index contributed by atoms with van der Waals surface area (Å²) in [6.45, 7) is 9.26. The van der Waals surface area contributed by atoms with Gasteiger partial charge in [0.25, 0.3) is 0 Å². The Morgan fingerprint density at radius 3 is 0.844 bits per heavy atom. The third-order valence-corrected chi connectivity index (χ3v) is 9.68. The quantitative estimate of drug-likeness (QED) is 0.0487. The Hall–Kier alpha value is -0.560. The van der Waals surface area contributed by atoms with Crippen molar-refractivity contribution in [3.63, 3.8) is 0 Å². The number of rotatable bonds is 38. The highest BCUT2D eigenvalue weighted by molar-refractivity contribution is 4.82. The summed E-state index contributed by atoms with van der Waals surface area (Å²) in [5, 5.41) is 0. The number of allylic oxidation sites excluding steroid dienone is 4. The molecule has 0 radical (unpaired) electrons. The van der Waals surface area contributed by atoms with Gasteiger partial charge in [-0.1, -0.05) is 193 Å². The number of ether oxygens (including phenoxy) is 1. The summed E-state index contributed by atoms with van der Waals surface area (Å²) in [4.78, 5) is 0. The molecule has 0 aromatic carbocycles. The van der Waals surface area contributed by atoms with Crippen LogP contribution in [0.25, 0.3) is 0 Å². The van der Waals surface area contributed by atoms with Crippen LogP contribution >= 0.6 is 0 Å². The van der Waals surface area contributed by atoms with E-state index in [4.69, 9.17) is 4.74 Å². The summed E-state index contributed by atoms with van der Waals surface area (Å²) in [5.74, 6) is 0. The van der Waals surface area contributed by atoms with Gasteiger partial charge in [-0.25, -0.2) is 0 Å². The molecule has 0 aromatic heterocycles. The van der Waals surface area contributed by atoms with Gasteiger partial charge in [-0.05, 0) is 77.0 Å². The van der Waals surface area contributed by atoms with Crippen LogP contribution in [0.4, 0.5) is 0 Å². The van der Waals surface area contributed by atoms with Gasteiger partial charge in [0.2, 0.25) is 0 Å². The first-order chi connectivity index (χ1) is 22.3. The van der Waals surface area contributed by atoms with E-state index < -0.39 is 0 Å². The Labute approximate surface area is 286 Å². The highest BCUT2D eigenvalue weighted by Gasteiger charge is 2.15. The number of hydrogen-bond donors (Lipinski definition) is 0. The fourth-order valence-electron chi connectivity index (χ4n) is 6.72. The van der Waals surface area contributed by atoms with E-state index in [1.165, 1.54) is 218 Å². The van der Waals surface area contributed by atoms with Gasteiger partial charge in [-0.3, -0.25) is 0 Å². The van der Waals surface area contributed by atoms with Crippen LogP contribution < -0.4 is 0 Å². The van der Waals surface area contributed by atoms with Crippen molar-refractivity contribution in [3.05, 3.63) is 24.3 Å².